The summed E-state index contributed by atoms with van der Waals surface area (Å²) in [6.07, 6.45) is 0. The van der Waals surface area contributed by atoms with Gasteiger partial charge in [0.1, 0.15) is 11.5 Å². The van der Waals surface area contributed by atoms with Crippen molar-refractivity contribution < 1.29 is 9.47 Å². The number of benzene rings is 4. The van der Waals surface area contributed by atoms with E-state index in [1.165, 1.54) is 8.85 Å². The molecule has 0 aliphatic carbocycles. The van der Waals surface area contributed by atoms with Gasteiger partial charge in [0.2, 0.25) is 0 Å². The van der Waals surface area contributed by atoms with Gasteiger partial charge in [0.05, 0.1) is 13.2 Å². The molecule has 0 aromatic heterocycles. The van der Waals surface area contributed by atoms with E-state index in [9.17, 15) is 0 Å². The predicted octanol–water partition coefficient (Wildman–Crippen LogP) is 5.37. The van der Waals surface area contributed by atoms with Crippen LogP contribution in [0.4, 0.5) is 11.4 Å². The molecule has 4 aromatic carbocycles. The molecule has 35 heavy (non-hydrogen) atoms. The molecule has 0 heterocycles. The van der Waals surface area contributed by atoms with Gasteiger partial charge in [-0.05, 0) is 74.6 Å². The number of hydrogen-bond donors (Lipinski definition) is 2. The lowest BCUT2D eigenvalue weighted by Crippen LogP contribution is -2.26. The predicted molar refractivity (Wildman–Crippen MR) is 154 cm³/mol. The fourth-order valence-electron chi connectivity index (χ4n) is 3.32. The van der Waals surface area contributed by atoms with E-state index in [1.54, 1.807) is 0 Å². The molecule has 0 spiro atoms. The Morgan fingerprint density at radius 2 is 0.971 bits per heavy atom. The van der Waals surface area contributed by atoms with Gasteiger partial charge in [0.15, 0.2) is 5.11 Å². The number of nitrogens with one attached hydrogen (secondary N) is 2. The van der Waals surface area contributed by atoms with Crippen molar-refractivity contribution in [2.45, 2.75) is 13.8 Å². The summed E-state index contributed by atoms with van der Waals surface area (Å²) in [7, 11) is 0. The maximum atomic E-state index is 5.40. The SMILES string of the molecule is CCOc1ccc(NC(=S)Nc2ccc(OCC)cc2)cc1.c1cc[c]([AlH][c]2ccccc2)cc1. The third-order valence-corrected chi connectivity index (χ3v) is 6.90. The molecule has 178 valence electrons. The zero-order valence-electron chi connectivity index (χ0n) is 20.2. The number of thiocarbonyl (C=S) groups is 1. The van der Waals surface area contributed by atoms with Crippen molar-refractivity contribution in [3.63, 3.8) is 0 Å². The van der Waals surface area contributed by atoms with E-state index in [0.717, 1.165) is 22.9 Å². The van der Waals surface area contributed by atoms with Crippen LogP contribution in [0, 0.1) is 0 Å². The van der Waals surface area contributed by atoms with Crippen LogP contribution < -0.4 is 29.0 Å². The second kappa shape index (κ2) is 14.9. The van der Waals surface area contributed by atoms with Gasteiger partial charge in [0, 0.05) is 11.4 Å². The summed E-state index contributed by atoms with van der Waals surface area (Å²) in [5.41, 5.74) is 1.82. The highest BCUT2D eigenvalue weighted by atomic mass is 32.1. The van der Waals surface area contributed by atoms with Gasteiger partial charge in [-0.2, -0.15) is 0 Å². The van der Waals surface area contributed by atoms with E-state index in [4.69, 9.17) is 21.7 Å². The van der Waals surface area contributed by atoms with E-state index >= 15 is 0 Å². The van der Waals surface area contributed by atoms with Crippen molar-refractivity contribution in [3.8, 4) is 11.5 Å². The van der Waals surface area contributed by atoms with Crippen molar-refractivity contribution in [1.29, 1.82) is 0 Å². The molecule has 0 radical (unpaired) electrons. The monoisotopic (exact) mass is 498 g/mol. The Kier molecular flexibility index (Phi) is 11.2. The molecule has 4 nitrogen and oxygen atoms in total. The van der Waals surface area contributed by atoms with E-state index in [0.29, 0.717) is 18.3 Å². The van der Waals surface area contributed by atoms with Gasteiger partial charge in [-0.1, -0.05) is 60.7 Å². The molecule has 4 aromatic rings. The quantitative estimate of drug-likeness (QED) is 0.253. The molecule has 0 aliphatic rings. The van der Waals surface area contributed by atoms with Gasteiger partial charge in [-0.15, -0.1) is 8.85 Å². The topological polar surface area (TPSA) is 42.5 Å². The highest BCUT2D eigenvalue weighted by Gasteiger charge is 2.01. The first-order valence-corrected chi connectivity index (χ1v) is 13.6. The molecule has 4 rings (SSSR count). The third-order valence-electron chi connectivity index (χ3n) is 4.94. The highest BCUT2D eigenvalue weighted by molar-refractivity contribution is 7.80. The Morgan fingerprint density at radius 3 is 1.31 bits per heavy atom. The van der Waals surface area contributed by atoms with Crippen LogP contribution in [0.15, 0.2) is 109 Å². The standard InChI is InChI=1S/C17H20N2O2S.2C6H5.Al.H/c1-3-20-15-9-5-13(6-10-15)18-17(22)19-14-7-11-16(12-8-14)21-4-2;2*1-2-4-6-5-3-1;;/h5-12H,3-4H2,1-2H3,(H2,18,19,22);2*1-5H;;. The summed E-state index contributed by atoms with van der Waals surface area (Å²) in [6.45, 7) is 5.24. The van der Waals surface area contributed by atoms with E-state index in [2.05, 4.69) is 71.3 Å². The summed E-state index contributed by atoms with van der Waals surface area (Å²) in [5, 5.41) is 6.80. The zero-order valence-corrected chi connectivity index (χ0v) is 22.5. The van der Waals surface area contributed by atoms with Crippen molar-refractivity contribution in [2.24, 2.45) is 0 Å². The largest absolute Gasteiger partial charge is 0.494 e. The number of ether oxygens (including phenoxy) is 2. The van der Waals surface area contributed by atoms with Crippen molar-refractivity contribution >= 4 is 52.8 Å². The Hall–Kier alpha value is -3.30. The normalized spacial score (nSPS) is 9.77. The summed E-state index contributed by atoms with van der Waals surface area (Å²) >= 11 is 5.07. The maximum absolute atomic E-state index is 5.40. The van der Waals surface area contributed by atoms with Gasteiger partial charge >= 0.3 is 15.2 Å². The van der Waals surface area contributed by atoms with Crippen LogP contribution in [0.2, 0.25) is 0 Å². The van der Waals surface area contributed by atoms with Gasteiger partial charge in [0.25, 0.3) is 0 Å². The highest BCUT2D eigenvalue weighted by Crippen LogP contribution is 2.18. The summed E-state index contributed by atoms with van der Waals surface area (Å²) in [5.74, 6) is 1.69. The first-order chi connectivity index (χ1) is 17.2. The van der Waals surface area contributed by atoms with Crippen molar-refractivity contribution in [2.75, 3.05) is 23.8 Å². The maximum Gasteiger partial charge on any atom is 0.323 e. The molecule has 0 saturated carbocycles. The summed E-state index contributed by atoms with van der Waals surface area (Å²) in [6, 6.07) is 36.8. The molecule has 0 saturated heterocycles. The van der Waals surface area contributed by atoms with Crippen LogP contribution >= 0.6 is 12.2 Å². The molecule has 6 heteroatoms. The van der Waals surface area contributed by atoms with Gasteiger partial charge < -0.3 is 20.1 Å². The minimum atomic E-state index is -0.234. The van der Waals surface area contributed by atoms with E-state index < -0.39 is 0 Å². The van der Waals surface area contributed by atoms with Crippen LogP contribution in [0.25, 0.3) is 0 Å². The fourth-order valence-corrected chi connectivity index (χ4v) is 5.05. The Balaban J connectivity index is 0.000000223. The van der Waals surface area contributed by atoms with Crippen molar-refractivity contribution in [1.82, 2.24) is 0 Å². The average Bonchev–Trinajstić information content (AvgIpc) is 2.88. The second-order valence-electron chi connectivity index (χ2n) is 7.64. The van der Waals surface area contributed by atoms with Crippen LogP contribution in [0.1, 0.15) is 13.8 Å². The molecule has 0 unspecified atom stereocenters. The van der Waals surface area contributed by atoms with Gasteiger partial charge in [-0.25, -0.2) is 0 Å². The molecule has 0 bridgehead atoms. The van der Waals surface area contributed by atoms with Gasteiger partial charge in [-0.3, -0.25) is 0 Å². The molecular formula is C29H31AlN2O2S. The number of anilines is 2. The van der Waals surface area contributed by atoms with Crippen LogP contribution in [-0.4, -0.2) is 33.5 Å². The minimum absolute atomic E-state index is 0.234. The first kappa shape index (κ1) is 26.3. The van der Waals surface area contributed by atoms with Crippen LogP contribution in [0.5, 0.6) is 11.5 Å². The van der Waals surface area contributed by atoms with Crippen LogP contribution in [0.3, 0.4) is 0 Å². The number of rotatable bonds is 8. The number of hydrogen-bond acceptors (Lipinski definition) is 3. The Bertz CT molecular complexity index is 1050. The van der Waals surface area contributed by atoms with Crippen molar-refractivity contribution in [3.05, 3.63) is 109 Å². The average molecular weight is 499 g/mol. The molecule has 0 fully saturated rings. The van der Waals surface area contributed by atoms with Crippen LogP contribution in [-0.2, 0) is 0 Å². The molecule has 2 N–H and O–H groups in total. The summed E-state index contributed by atoms with van der Waals surface area (Å²) in [4.78, 5) is 0. The molecule has 0 aliphatic heterocycles. The fraction of sp³-hybridized carbons (Fsp3) is 0.138. The zero-order chi connectivity index (χ0) is 24.7. The lowest BCUT2D eigenvalue weighted by Gasteiger charge is -2.12. The molecular weight excluding hydrogens is 467 g/mol. The lowest BCUT2D eigenvalue weighted by atomic mass is 10.3. The Morgan fingerprint density at radius 1 is 0.600 bits per heavy atom. The van der Waals surface area contributed by atoms with E-state index in [1.807, 2.05) is 62.4 Å². The third kappa shape index (κ3) is 9.84. The smallest absolute Gasteiger partial charge is 0.323 e. The minimum Gasteiger partial charge on any atom is -0.494 e. The Labute approximate surface area is 220 Å². The second-order valence-corrected chi connectivity index (χ2v) is 10.0. The molecule has 0 amide bonds. The van der Waals surface area contributed by atoms with E-state index in [-0.39, 0.29) is 15.2 Å². The lowest BCUT2D eigenvalue weighted by molar-refractivity contribution is 0.340. The summed E-state index contributed by atoms with van der Waals surface area (Å²) < 4.78 is 13.8. The molecule has 0 atom stereocenters. The first-order valence-electron chi connectivity index (χ1n) is 11.8.